The monoisotopic (exact) mass is 376 g/mol. The van der Waals surface area contributed by atoms with Crippen LogP contribution in [0.2, 0.25) is 0 Å². The lowest BCUT2D eigenvalue weighted by Crippen LogP contribution is -2.63. The van der Waals surface area contributed by atoms with Gasteiger partial charge in [0, 0.05) is 17.3 Å². The Bertz CT molecular complexity index is 695. The molecule has 2 saturated carbocycles. The van der Waals surface area contributed by atoms with Gasteiger partial charge < -0.3 is 19.3 Å². The van der Waals surface area contributed by atoms with Gasteiger partial charge in [0.2, 0.25) is 0 Å². The third-order valence-electron chi connectivity index (χ3n) is 9.21. The molecule has 0 bridgehead atoms. The average molecular weight is 376 g/mol. The van der Waals surface area contributed by atoms with Crippen molar-refractivity contribution in [1.29, 1.82) is 0 Å². The lowest BCUT2D eigenvalue weighted by atomic mass is 9.48. The molecule has 3 aliphatic carbocycles. The van der Waals surface area contributed by atoms with Gasteiger partial charge in [-0.05, 0) is 69.3 Å². The number of hydrogen-bond donors (Lipinski definition) is 1. The highest BCUT2D eigenvalue weighted by atomic mass is 16.7. The first-order valence-electron chi connectivity index (χ1n) is 10.7. The van der Waals surface area contributed by atoms with E-state index >= 15 is 0 Å². The zero-order valence-corrected chi connectivity index (χ0v) is 16.8. The number of allylic oxidation sites excluding steroid dienone is 2. The minimum Gasteiger partial charge on any atom is -0.431 e. The third kappa shape index (κ3) is 2.14. The Kier molecular flexibility index (Phi) is 3.75. The molecule has 0 aromatic rings. The summed E-state index contributed by atoms with van der Waals surface area (Å²) >= 11 is 0. The molecule has 6 atom stereocenters. The van der Waals surface area contributed by atoms with Crippen molar-refractivity contribution in [1.82, 2.24) is 0 Å². The largest absolute Gasteiger partial charge is 0.431 e. The maximum atomic E-state index is 11.9. The molecular formula is C22H32O5. The molecule has 0 aromatic heterocycles. The van der Waals surface area contributed by atoms with Crippen LogP contribution in [0.15, 0.2) is 11.8 Å². The molecular weight excluding hydrogens is 344 g/mol. The normalized spacial score (nSPS) is 51.0. The van der Waals surface area contributed by atoms with E-state index in [-0.39, 0.29) is 16.8 Å². The Balaban J connectivity index is 1.49. The van der Waals surface area contributed by atoms with E-state index in [4.69, 9.17) is 14.2 Å². The summed E-state index contributed by atoms with van der Waals surface area (Å²) in [6, 6.07) is 0. The molecule has 27 heavy (non-hydrogen) atoms. The standard InChI is InChI=1S/C22H32O5/c1-19-9-8-18(23)27-17(19)5-4-14-15(19)6-10-20(2)16(14)7-11-22(20,24)21(3)25-12-13-26-21/h5,14-16,24H,4,6-13H2,1-3H3/t14-,15+,16+,19-,20+,22-/m1/s1. The van der Waals surface area contributed by atoms with Crippen molar-refractivity contribution in [2.75, 3.05) is 13.2 Å². The lowest BCUT2D eigenvalue weighted by Gasteiger charge is -2.59. The van der Waals surface area contributed by atoms with Crippen molar-refractivity contribution in [3.63, 3.8) is 0 Å². The molecule has 0 unspecified atom stereocenters. The molecule has 150 valence electrons. The summed E-state index contributed by atoms with van der Waals surface area (Å²) in [6.07, 6.45) is 8.28. The fourth-order valence-corrected chi connectivity index (χ4v) is 7.58. The molecule has 0 spiro atoms. The van der Waals surface area contributed by atoms with Crippen molar-refractivity contribution in [3.05, 3.63) is 11.8 Å². The zero-order valence-electron chi connectivity index (χ0n) is 16.8. The van der Waals surface area contributed by atoms with Crippen molar-refractivity contribution >= 4 is 5.97 Å². The number of hydrogen-bond acceptors (Lipinski definition) is 5. The molecule has 2 saturated heterocycles. The lowest BCUT2D eigenvalue weighted by molar-refractivity contribution is -0.299. The summed E-state index contributed by atoms with van der Waals surface area (Å²) < 4.78 is 17.6. The number of rotatable bonds is 1. The molecule has 5 heteroatoms. The van der Waals surface area contributed by atoms with E-state index in [1.54, 1.807) is 0 Å². The predicted molar refractivity (Wildman–Crippen MR) is 98.4 cm³/mol. The van der Waals surface area contributed by atoms with Crippen LogP contribution in [-0.4, -0.2) is 35.7 Å². The topological polar surface area (TPSA) is 65.0 Å². The minimum absolute atomic E-state index is 0.0386. The number of carbonyl (C=O) groups excluding carboxylic acids is 1. The molecule has 5 rings (SSSR count). The molecule has 1 N–H and O–H groups in total. The number of esters is 1. The number of carbonyl (C=O) groups is 1. The first-order chi connectivity index (χ1) is 12.7. The van der Waals surface area contributed by atoms with E-state index in [0.717, 1.165) is 44.3 Å². The Hall–Kier alpha value is -0.910. The summed E-state index contributed by atoms with van der Waals surface area (Å²) in [7, 11) is 0. The highest BCUT2D eigenvalue weighted by molar-refractivity contribution is 5.72. The van der Waals surface area contributed by atoms with Gasteiger partial charge >= 0.3 is 5.97 Å². The van der Waals surface area contributed by atoms with E-state index in [0.29, 0.717) is 37.4 Å². The van der Waals surface area contributed by atoms with Gasteiger partial charge in [-0.3, -0.25) is 4.79 Å². The Morgan fingerprint density at radius 2 is 1.74 bits per heavy atom. The first kappa shape index (κ1) is 18.1. The number of aliphatic hydroxyl groups is 1. The van der Waals surface area contributed by atoms with Gasteiger partial charge in [0.15, 0.2) is 5.79 Å². The van der Waals surface area contributed by atoms with Crippen LogP contribution in [-0.2, 0) is 19.0 Å². The van der Waals surface area contributed by atoms with Gasteiger partial charge in [-0.25, -0.2) is 0 Å². The van der Waals surface area contributed by atoms with E-state index in [1.807, 2.05) is 6.92 Å². The van der Waals surface area contributed by atoms with Gasteiger partial charge in [0.05, 0.1) is 13.2 Å². The Labute approximate surface area is 161 Å². The Morgan fingerprint density at radius 3 is 2.48 bits per heavy atom. The van der Waals surface area contributed by atoms with Gasteiger partial charge in [0.25, 0.3) is 0 Å². The van der Waals surface area contributed by atoms with Gasteiger partial charge in [-0.2, -0.15) is 0 Å². The van der Waals surface area contributed by atoms with Gasteiger partial charge in [-0.1, -0.05) is 13.8 Å². The third-order valence-corrected chi connectivity index (χ3v) is 9.21. The van der Waals surface area contributed by atoms with Crippen LogP contribution in [0.4, 0.5) is 0 Å². The van der Waals surface area contributed by atoms with Gasteiger partial charge in [-0.15, -0.1) is 0 Å². The maximum absolute atomic E-state index is 11.9. The van der Waals surface area contributed by atoms with E-state index in [1.165, 1.54) is 0 Å². The van der Waals surface area contributed by atoms with Crippen LogP contribution in [0.1, 0.15) is 65.7 Å². The van der Waals surface area contributed by atoms with Crippen LogP contribution in [0.25, 0.3) is 0 Å². The van der Waals surface area contributed by atoms with Crippen LogP contribution in [0.5, 0.6) is 0 Å². The highest BCUT2D eigenvalue weighted by Crippen LogP contribution is 2.68. The SMILES string of the molecule is CC1([C@@]2(O)CC[C@H]3[C@@H]4CC=C5OC(=O)CC[C@]5(C)[C@H]4CC[C@@]32C)OCCO1. The smallest absolute Gasteiger partial charge is 0.310 e. The van der Waals surface area contributed by atoms with Crippen LogP contribution < -0.4 is 0 Å². The summed E-state index contributed by atoms with van der Waals surface area (Å²) in [6.45, 7) is 7.60. The van der Waals surface area contributed by atoms with Crippen molar-refractivity contribution in [2.45, 2.75) is 77.1 Å². The summed E-state index contributed by atoms with van der Waals surface area (Å²) in [5.74, 6) is 1.40. The zero-order chi connectivity index (χ0) is 19.1. The fourth-order valence-electron chi connectivity index (χ4n) is 7.58. The Morgan fingerprint density at radius 1 is 1.04 bits per heavy atom. The number of fused-ring (bicyclic) bond motifs is 5. The van der Waals surface area contributed by atoms with E-state index in [2.05, 4.69) is 19.9 Å². The molecule has 2 heterocycles. The summed E-state index contributed by atoms with van der Waals surface area (Å²) in [4.78, 5) is 11.8. The highest BCUT2D eigenvalue weighted by Gasteiger charge is 2.70. The average Bonchev–Trinajstić information content (AvgIpc) is 3.19. The van der Waals surface area contributed by atoms with E-state index < -0.39 is 11.4 Å². The quantitative estimate of drug-likeness (QED) is 0.709. The van der Waals surface area contributed by atoms with Crippen molar-refractivity contribution in [3.8, 4) is 0 Å². The molecule has 2 aliphatic heterocycles. The molecule has 0 aromatic carbocycles. The van der Waals surface area contributed by atoms with Gasteiger partial charge in [0.1, 0.15) is 11.4 Å². The predicted octanol–water partition coefficient (Wildman–Crippen LogP) is 3.55. The van der Waals surface area contributed by atoms with Crippen molar-refractivity contribution in [2.24, 2.45) is 28.6 Å². The van der Waals surface area contributed by atoms with Crippen LogP contribution in [0.3, 0.4) is 0 Å². The molecule has 0 radical (unpaired) electrons. The van der Waals surface area contributed by atoms with Crippen molar-refractivity contribution < 1.29 is 24.1 Å². The van der Waals surface area contributed by atoms with Crippen LogP contribution >= 0.6 is 0 Å². The molecule has 4 fully saturated rings. The second-order valence-corrected chi connectivity index (χ2v) is 10.1. The maximum Gasteiger partial charge on any atom is 0.310 e. The molecule has 5 nitrogen and oxygen atoms in total. The minimum atomic E-state index is -0.948. The van der Waals surface area contributed by atoms with Crippen LogP contribution in [0, 0.1) is 28.6 Å². The fraction of sp³-hybridized carbons (Fsp3) is 0.864. The molecule has 5 aliphatic rings. The first-order valence-corrected chi connectivity index (χ1v) is 10.7. The van der Waals surface area contributed by atoms with E-state index in [9.17, 15) is 9.90 Å². The second-order valence-electron chi connectivity index (χ2n) is 10.1. The molecule has 0 amide bonds. The summed E-state index contributed by atoms with van der Waals surface area (Å²) in [5, 5.41) is 11.9. The number of ether oxygens (including phenoxy) is 3. The summed E-state index contributed by atoms with van der Waals surface area (Å²) in [5.41, 5.74) is -1.19. The second kappa shape index (κ2) is 5.58.